The van der Waals surface area contributed by atoms with Crippen LogP contribution >= 0.6 is 0 Å². The normalized spacial score (nSPS) is 19.2. The number of rotatable bonds is 2. The second kappa shape index (κ2) is 4.85. The Morgan fingerprint density at radius 3 is 2.47 bits per heavy atom. The molecule has 1 atom stereocenters. The Balaban J connectivity index is 2.34. The van der Waals surface area contributed by atoms with E-state index < -0.39 is 20.9 Å². The Labute approximate surface area is 103 Å². The van der Waals surface area contributed by atoms with Crippen molar-refractivity contribution in [2.24, 2.45) is 3.77 Å². The molecule has 6 heteroatoms. The van der Waals surface area contributed by atoms with Crippen molar-refractivity contribution >= 4 is 20.9 Å². The molecule has 0 spiro atoms. The summed E-state index contributed by atoms with van der Waals surface area (Å²) in [5, 5.41) is 1.71. The lowest BCUT2D eigenvalue weighted by Gasteiger charge is -2.06. The highest BCUT2D eigenvalue weighted by atomic mass is 32.3. The summed E-state index contributed by atoms with van der Waals surface area (Å²) in [6, 6.07) is 6.66. The van der Waals surface area contributed by atoms with Crippen LogP contribution in [0.1, 0.15) is 5.56 Å². The highest BCUT2D eigenvalue weighted by Gasteiger charge is 2.13. The van der Waals surface area contributed by atoms with Crippen LogP contribution in [0.25, 0.3) is 0 Å². The van der Waals surface area contributed by atoms with Gasteiger partial charge in [-0.2, -0.15) is 8.42 Å². The summed E-state index contributed by atoms with van der Waals surface area (Å²) in [6.45, 7) is 1.91. The van der Waals surface area contributed by atoms with E-state index in [4.69, 9.17) is 0 Å². The molecule has 1 aliphatic heterocycles. The van der Waals surface area contributed by atoms with Crippen LogP contribution < -0.4 is 4.72 Å². The third-order valence-electron chi connectivity index (χ3n) is 2.10. The van der Waals surface area contributed by atoms with Crippen LogP contribution in [-0.4, -0.2) is 8.42 Å². The highest BCUT2D eigenvalue weighted by Crippen LogP contribution is 2.14. The molecular formula is C11H12N2O2S2. The van der Waals surface area contributed by atoms with Gasteiger partial charge in [0.05, 0.1) is 4.90 Å². The number of hydrogen-bond acceptors (Lipinski definition) is 2. The first-order chi connectivity index (χ1) is 8.08. The molecule has 1 aromatic carbocycles. The van der Waals surface area contributed by atoms with Crippen LogP contribution in [0.2, 0.25) is 0 Å². The van der Waals surface area contributed by atoms with E-state index in [-0.39, 0.29) is 4.90 Å². The number of hydrogen-bond donors (Lipinski definition) is 1. The summed E-state index contributed by atoms with van der Waals surface area (Å²) < 4.78 is 30.6. The molecule has 0 saturated carbocycles. The van der Waals surface area contributed by atoms with E-state index in [0.717, 1.165) is 5.56 Å². The lowest BCUT2D eigenvalue weighted by atomic mass is 10.2. The van der Waals surface area contributed by atoms with Gasteiger partial charge in [0.25, 0.3) is 10.0 Å². The molecule has 0 fully saturated rings. The van der Waals surface area contributed by atoms with Gasteiger partial charge in [-0.15, -0.1) is 3.77 Å². The van der Waals surface area contributed by atoms with Crippen LogP contribution in [0.3, 0.4) is 0 Å². The van der Waals surface area contributed by atoms with Gasteiger partial charge in [0, 0.05) is 22.5 Å². The van der Waals surface area contributed by atoms with Gasteiger partial charge in [-0.05, 0) is 25.1 Å². The lowest BCUT2D eigenvalue weighted by Crippen LogP contribution is -2.11. The summed E-state index contributed by atoms with van der Waals surface area (Å²) in [5.74, 6) is 0. The maximum atomic E-state index is 12.0. The third kappa shape index (κ3) is 3.04. The molecule has 0 bridgehead atoms. The molecule has 0 aliphatic carbocycles. The smallest absolute Gasteiger partial charge is 0.289 e. The second-order valence-electron chi connectivity index (χ2n) is 3.48. The molecule has 1 aromatic rings. The molecule has 0 saturated heterocycles. The molecule has 0 radical (unpaired) electrons. The fourth-order valence-electron chi connectivity index (χ4n) is 1.23. The van der Waals surface area contributed by atoms with Gasteiger partial charge in [0.1, 0.15) is 0 Å². The van der Waals surface area contributed by atoms with Crippen molar-refractivity contribution < 1.29 is 8.42 Å². The van der Waals surface area contributed by atoms with E-state index in [1.165, 1.54) is 0 Å². The van der Waals surface area contributed by atoms with Crippen LogP contribution in [0.15, 0.2) is 56.7 Å². The average molecular weight is 268 g/mol. The highest BCUT2D eigenvalue weighted by molar-refractivity contribution is 8.00. The van der Waals surface area contributed by atoms with E-state index in [1.807, 2.05) is 6.92 Å². The van der Waals surface area contributed by atoms with E-state index in [9.17, 15) is 8.42 Å². The molecule has 0 amide bonds. The van der Waals surface area contributed by atoms with Crippen molar-refractivity contribution in [3.8, 4) is 0 Å². The van der Waals surface area contributed by atoms with E-state index in [2.05, 4.69) is 8.49 Å². The quantitative estimate of drug-likeness (QED) is 0.893. The lowest BCUT2D eigenvalue weighted by molar-refractivity contribution is 0.598. The predicted octanol–water partition coefficient (Wildman–Crippen LogP) is 2.03. The van der Waals surface area contributed by atoms with Crippen molar-refractivity contribution in [3.63, 3.8) is 0 Å². The van der Waals surface area contributed by atoms with Crippen molar-refractivity contribution in [1.29, 1.82) is 0 Å². The van der Waals surface area contributed by atoms with Crippen molar-refractivity contribution in [3.05, 3.63) is 53.6 Å². The van der Waals surface area contributed by atoms with Gasteiger partial charge in [-0.25, -0.2) is 0 Å². The Bertz CT molecular complexity index is 599. The minimum atomic E-state index is -3.59. The molecule has 17 heavy (non-hydrogen) atoms. The zero-order valence-electron chi connectivity index (χ0n) is 9.20. The molecule has 1 N–H and O–H groups in total. The van der Waals surface area contributed by atoms with Crippen molar-refractivity contribution in [1.82, 2.24) is 4.72 Å². The standard InChI is InChI=1S/C11H12N2O2S2/c1-10-4-6-11(7-5-10)17(14,15)13-16-9-3-2-8-12-16/h2-9H,1H3,(H,12,13). The molecule has 1 aliphatic rings. The topological polar surface area (TPSA) is 58.5 Å². The van der Waals surface area contributed by atoms with Crippen LogP contribution in [0, 0.1) is 6.92 Å². The van der Waals surface area contributed by atoms with E-state index >= 15 is 0 Å². The minimum Gasteiger partial charge on any atom is -0.324 e. The molecule has 1 unspecified atom stereocenters. The Hall–Kier alpha value is -1.40. The minimum absolute atomic E-state index is 0.223. The first-order valence-electron chi connectivity index (χ1n) is 4.95. The molecular weight excluding hydrogens is 256 g/mol. The van der Waals surface area contributed by atoms with Gasteiger partial charge in [0.15, 0.2) is 0 Å². The fraction of sp³-hybridized carbons (Fsp3) is 0.0909. The van der Waals surface area contributed by atoms with Crippen LogP contribution in [0.4, 0.5) is 0 Å². The number of benzene rings is 1. The third-order valence-corrected chi connectivity index (χ3v) is 5.19. The summed E-state index contributed by atoms with van der Waals surface area (Å²) in [5.41, 5.74) is 1.02. The molecule has 90 valence electrons. The first kappa shape index (κ1) is 12.1. The summed E-state index contributed by atoms with van der Waals surface area (Å²) in [7, 11) is -4.39. The molecule has 1 heterocycles. The number of sulfonamides is 1. The predicted molar refractivity (Wildman–Crippen MR) is 69.6 cm³/mol. The van der Waals surface area contributed by atoms with E-state index in [0.29, 0.717) is 0 Å². The average Bonchev–Trinajstić information content (AvgIpc) is 2.30. The summed E-state index contributed by atoms with van der Waals surface area (Å²) in [6.07, 6.45) is 5.24. The Kier molecular flexibility index (Phi) is 3.44. The summed E-state index contributed by atoms with van der Waals surface area (Å²) >= 11 is 0. The zero-order valence-corrected chi connectivity index (χ0v) is 10.8. The summed E-state index contributed by atoms with van der Waals surface area (Å²) in [4.78, 5) is 0.223. The maximum Gasteiger partial charge on any atom is 0.289 e. The SMILES string of the molecule is Cc1ccc(S(=O)(=O)N=S2C=CC=CN2)cc1. The molecule has 0 aromatic heterocycles. The monoisotopic (exact) mass is 268 g/mol. The van der Waals surface area contributed by atoms with Gasteiger partial charge in [-0.3, -0.25) is 0 Å². The van der Waals surface area contributed by atoms with E-state index in [1.54, 1.807) is 48.0 Å². The number of nitrogens with one attached hydrogen (secondary N) is 1. The number of allylic oxidation sites excluding steroid dienone is 2. The maximum absolute atomic E-state index is 12.0. The molecule has 4 nitrogen and oxygen atoms in total. The Morgan fingerprint density at radius 2 is 1.88 bits per heavy atom. The number of nitrogens with zero attached hydrogens (tertiary/aromatic N) is 1. The Morgan fingerprint density at radius 1 is 1.18 bits per heavy atom. The van der Waals surface area contributed by atoms with Gasteiger partial charge in [0.2, 0.25) is 0 Å². The van der Waals surface area contributed by atoms with Gasteiger partial charge in [-0.1, -0.05) is 23.8 Å². The molecule has 2 rings (SSSR count). The number of aryl methyl sites for hydroxylation is 1. The fourth-order valence-corrected chi connectivity index (χ4v) is 3.81. The van der Waals surface area contributed by atoms with Gasteiger partial charge < -0.3 is 4.72 Å². The zero-order chi connectivity index (χ0) is 12.3. The largest absolute Gasteiger partial charge is 0.324 e. The first-order valence-corrected chi connectivity index (χ1v) is 7.64. The van der Waals surface area contributed by atoms with Crippen LogP contribution in [0.5, 0.6) is 0 Å². The van der Waals surface area contributed by atoms with Crippen molar-refractivity contribution in [2.45, 2.75) is 11.8 Å². The van der Waals surface area contributed by atoms with Gasteiger partial charge >= 0.3 is 0 Å². The van der Waals surface area contributed by atoms with Crippen LogP contribution in [-0.2, 0) is 20.9 Å². The second-order valence-corrected chi connectivity index (χ2v) is 6.64. The van der Waals surface area contributed by atoms with Crippen molar-refractivity contribution in [2.75, 3.05) is 0 Å².